The Morgan fingerprint density at radius 2 is 2.29 bits per heavy atom. The lowest BCUT2D eigenvalue weighted by molar-refractivity contribution is 0.174. The lowest BCUT2D eigenvalue weighted by atomic mass is 10.1. The highest BCUT2D eigenvalue weighted by Crippen LogP contribution is 2.20. The number of halogens is 1. The molecule has 0 bridgehead atoms. The van der Waals surface area contributed by atoms with Crippen molar-refractivity contribution in [2.45, 2.75) is 25.0 Å². The highest BCUT2D eigenvalue weighted by molar-refractivity contribution is 5.19. The van der Waals surface area contributed by atoms with Crippen LogP contribution in [0.1, 0.15) is 24.5 Å². The van der Waals surface area contributed by atoms with Crippen molar-refractivity contribution in [2.24, 2.45) is 0 Å². The van der Waals surface area contributed by atoms with Gasteiger partial charge >= 0.3 is 0 Å². The summed E-state index contributed by atoms with van der Waals surface area (Å²) in [4.78, 5) is 0. The molecule has 1 aliphatic carbocycles. The van der Waals surface area contributed by atoms with E-state index in [9.17, 15) is 9.50 Å². The van der Waals surface area contributed by atoms with Crippen LogP contribution >= 0.6 is 0 Å². The number of hydrogen-bond acceptors (Lipinski definition) is 2. The number of aliphatic hydroxyl groups excluding tert-OH is 1. The van der Waals surface area contributed by atoms with Gasteiger partial charge in [-0.05, 0) is 30.5 Å². The van der Waals surface area contributed by atoms with Crippen LogP contribution in [-0.2, 0) is 0 Å². The normalized spacial score (nSPS) is 18.1. The summed E-state index contributed by atoms with van der Waals surface area (Å²) in [5.41, 5.74) is 0.637. The highest BCUT2D eigenvalue weighted by atomic mass is 19.1. The third kappa shape index (κ3) is 2.53. The van der Waals surface area contributed by atoms with E-state index in [1.165, 1.54) is 25.0 Å². The van der Waals surface area contributed by atoms with Crippen molar-refractivity contribution in [2.75, 3.05) is 6.54 Å². The Bertz CT molecular complexity index is 312. The average Bonchev–Trinajstić information content (AvgIpc) is 2.97. The molecule has 1 aliphatic rings. The molecular weight excluding hydrogens is 181 g/mol. The molecule has 14 heavy (non-hydrogen) atoms. The molecule has 2 rings (SSSR count). The summed E-state index contributed by atoms with van der Waals surface area (Å²) in [6.07, 6.45) is 1.78. The van der Waals surface area contributed by atoms with Crippen molar-refractivity contribution >= 4 is 0 Å². The summed E-state index contributed by atoms with van der Waals surface area (Å²) < 4.78 is 12.8. The molecule has 2 N–H and O–H groups in total. The van der Waals surface area contributed by atoms with Crippen molar-refractivity contribution in [3.63, 3.8) is 0 Å². The lowest BCUT2D eigenvalue weighted by Gasteiger charge is -2.11. The van der Waals surface area contributed by atoms with Crippen LogP contribution in [0.25, 0.3) is 0 Å². The van der Waals surface area contributed by atoms with E-state index in [4.69, 9.17) is 0 Å². The zero-order chi connectivity index (χ0) is 9.97. The first-order chi connectivity index (χ1) is 6.75. The first kappa shape index (κ1) is 9.62. The summed E-state index contributed by atoms with van der Waals surface area (Å²) >= 11 is 0. The lowest BCUT2D eigenvalue weighted by Crippen LogP contribution is -2.23. The molecule has 1 unspecified atom stereocenters. The van der Waals surface area contributed by atoms with Crippen molar-refractivity contribution in [1.82, 2.24) is 5.32 Å². The average molecular weight is 195 g/mol. The minimum atomic E-state index is -0.605. The summed E-state index contributed by atoms with van der Waals surface area (Å²) in [5.74, 6) is -0.298. The fourth-order valence-electron chi connectivity index (χ4n) is 1.40. The van der Waals surface area contributed by atoms with Crippen LogP contribution in [-0.4, -0.2) is 17.7 Å². The predicted molar refractivity (Wildman–Crippen MR) is 52.4 cm³/mol. The van der Waals surface area contributed by atoms with E-state index < -0.39 is 6.10 Å². The van der Waals surface area contributed by atoms with Gasteiger partial charge in [0.15, 0.2) is 0 Å². The molecule has 3 heteroatoms. The van der Waals surface area contributed by atoms with Gasteiger partial charge in [-0.1, -0.05) is 12.1 Å². The van der Waals surface area contributed by atoms with Crippen LogP contribution in [0.2, 0.25) is 0 Å². The molecule has 76 valence electrons. The largest absolute Gasteiger partial charge is 0.387 e. The number of benzene rings is 1. The van der Waals surface area contributed by atoms with Crippen LogP contribution < -0.4 is 5.32 Å². The molecule has 1 aromatic carbocycles. The third-order valence-corrected chi connectivity index (χ3v) is 2.41. The van der Waals surface area contributed by atoms with Gasteiger partial charge in [0.05, 0.1) is 6.10 Å². The smallest absolute Gasteiger partial charge is 0.123 e. The molecule has 2 nitrogen and oxygen atoms in total. The molecule has 0 radical (unpaired) electrons. The maximum absolute atomic E-state index is 12.8. The quantitative estimate of drug-likeness (QED) is 0.765. The number of aliphatic hydroxyl groups is 1. The molecule has 0 aliphatic heterocycles. The van der Waals surface area contributed by atoms with Crippen molar-refractivity contribution < 1.29 is 9.50 Å². The third-order valence-electron chi connectivity index (χ3n) is 2.41. The number of nitrogens with one attached hydrogen (secondary N) is 1. The van der Waals surface area contributed by atoms with Crippen LogP contribution in [0.5, 0.6) is 0 Å². The Morgan fingerprint density at radius 1 is 1.50 bits per heavy atom. The molecule has 0 saturated heterocycles. The number of hydrogen-bond donors (Lipinski definition) is 2. The SMILES string of the molecule is OC(CNC1CC1)c1cccc(F)c1. The molecular formula is C11H14FNO. The standard InChI is InChI=1S/C11H14FNO/c12-9-3-1-2-8(6-9)11(14)7-13-10-4-5-10/h1-3,6,10-11,13-14H,4-5,7H2. The van der Waals surface area contributed by atoms with Crippen LogP contribution in [0.15, 0.2) is 24.3 Å². The molecule has 1 fully saturated rings. The van der Waals surface area contributed by atoms with Crippen LogP contribution in [0.3, 0.4) is 0 Å². The van der Waals surface area contributed by atoms with Crippen LogP contribution in [0, 0.1) is 5.82 Å². The number of rotatable bonds is 4. The molecule has 0 amide bonds. The molecule has 0 aromatic heterocycles. The molecule has 0 spiro atoms. The molecule has 0 heterocycles. The summed E-state index contributed by atoms with van der Waals surface area (Å²) in [7, 11) is 0. The van der Waals surface area contributed by atoms with Gasteiger partial charge < -0.3 is 10.4 Å². The van der Waals surface area contributed by atoms with Crippen molar-refractivity contribution in [3.8, 4) is 0 Å². The Kier molecular flexibility index (Phi) is 2.79. The Hall–Kier alpha value is -0.930. The Morgan fingerprint density at radius 3 is 2.93 bits per heavy atom. The first-order valence-electron chi connectivity index (χ1n) is 4.92. The fraction of sp³-hybridized carbons (Fsp3) is 0.455. The van der Waals surface area contributed by atoms with Gasteiger partial charge in [-0.3, -0.25) is 0 Å². The van der Waals surface area contributed by atoms with Gasteiger partial charge in [-0.25, -0.2) is 4.39 Å². The van der Waals surface area contributed by atoms with E-state index in [1.807, 2.05) is 0 Å². The van der Waals surface area contributed by atoms with E-state index in [0.717, 1.165) is 0 Å². The van der Waals surface area contributed by atoms with E-state index >= 15 is 0 Å². The maximum Gasteiger partial charge on any atom is 0.123 e. The second-order valence-corrected chi connectivity index (χ2v) is 3.75. The van der Waals surface area contributed by atoms with E-state index in [-0.39, 0.29) is 5.82 Å². The fourth-order valence-corrected chi connectivity index (χ4v) is 1.40. The summed E-state index contributed by atoms with van der Waals surface area (Å²) in [6.45, 7) is 0.508. The van der Waals surface area contributed by atoms with E-state index in [2.05, 4.69) is 5.32 Å². The van der Waals surface area contributed by atoms with E-state index in [1.54, 1.807) is 12.1 Å². The molecule has 1 atom stereocenters. The van der Waals surface area contributed by atoms with Gasteiger partial charge in [0, 0.05) is 12.6 Å². The summed E-state index contributed by atoms with van der Waals surface area (Å²) in [6, 6.07) is 6.68. The molecule has 1 aromatic rings. The minimum Gasteiger partial charge on any atom is -0.387 e. The van der Waals surface area contributed by atoms with Crippen LogP contribution in [0.4, 0.5) is 4.39 Å². The zero-order valence-electron chi connectivity index (χ0n) is 7.91. The molecule has 1 saturated carbocycles. The van der Waals surface area contributed by atoms with E-state index in [0.29, 0.717) is 18.2 Å². The highest BCUT2D eigenvalue weighted by Gasteiger charge is 2.21. The summed E-state index contributed by atoms with van der Waals surface area (Å²) in [5, 5.41) is 12.9. The van der Waals surface area contributed by atoms with Gasteiger partial charge in [0.2, 0.25) is 0 Å². The predicted octanol–water partition coefficient (Wildman–Crippen LogP) is 1.61. The second-order valence-electron chi connectivity index (χ2n) is 3.75. The maximum atomic E-state index is 12.8. The van der Waals surface area contributed by atoms with Crippen molar-refractivity contribution in [3.05, 3.63) is 35.6 Å². The Balaban J connectivity index is 1.91. The zero-order valence-corrected chi connectivity index (χ0v) is 7.91. The van der Waals surface area contributed by atoms with Gasteiger partial charge in [-0.15, -0.1) is 0 Å². The van der Waals surface area contributed by atoms with Gasteiger partial charge in [-0.2, -0.15) is 0 Å². The minimum absolute atomic E-state index is 0.298. The Labute approximate surface area is 82.8 Å². The second kappa shape index (κ2) is 4.07. The van der Waals surface area contributed by atoms with Gasteiger partial charge in [0.25, 0.3) is 0 Å². The van der Waals surface area contributed by atoms with Crippen molar-refractivity contribution in [1.29, 1.82) is 0 Å². The van der Waals surface area contributed by atoms with Gasteiger partial charge in [0.1, 0.15) is 5.82 Å². The monoisotopic (exact) mass is 195 g/mol. The topological polar surface area (TPSA) is 32.3 Å². The first-order valence-corrected chi connectivity index (χ1v) is 4.92.